The van der Waals surface area contributed by atoms with E-state index in [9.17, 15) is 0 Å². The van der Waals surface area contributed by atoms with Crippen molar-refractivity contribution in [3.8, 4) is 0 Å². The Hall–Kier alpha value is -0.300. The van der Waals surface area contributed by atoms with Crippen LogP contribution in [-0.2, 0) is 12.8 Å². The van der Waals surface area contributed by atoms with Crippen LogP contribution in [0.25, 0.3) is 0 Å². The zero-order chi connectivity index (χ0) is 14.8. The standard InChI is InChI=1S/C19H31Br/c1-4-7-8-9-10-11-12-19(20)18-14-13-16(5-2)17(6-3)15-18/h13-15,19H,4-12H2,1-3H3. The van der Waals surface area contributed by atoms with Crippen molar-refractivity contribution in [1.82, 2.24) is 0 Å². The fourth-order valence-electron chi connectivity index (χ4n) is 2.79. The third-order valence-corrected chi connectivity index (χ3v) is 5.15. The lowest BCUT2D eigenvalue weighted by atomic mass is 9.97. The Morgan fingerprint density at radius 1 is 0.850 bits per heavy atom. The topological polar surface area (TPSA) is 0 Å². The minimum absolute atomic E-state index is 0.532. The van der Waals surface area contributed by atoms with Crippen LogP contribution in [0.5, 0.6) is 0 Å². The summed E-state index contributed by atoms with van der Waals surface area (Å²) >= 11 is 3.88. The van der Waals surface area contributed by atoms with Crippen molar-refractivity contribution in [3.63, 3.8) is 0 Å². The molecule has 1 heteroatoms. The summed E-state index contributed by atoms with van der Waals surface area (Å²) in [6.07, 6.45) is 11.8. The highest BCUT2D eigenvalue weighted by molar-refractivity contribution is 9.09. The summed E-state index contributed by atoms with van der Waals surface area (Å²) in [5, 5.41) is 0. The molecule has 0 nitrogen and oxygen atoms in total. The Labute approximate surface area is 134 Å². The van der Waals surface area contributed by atoms with E-state index >= 15 is 0 Å². The molecule has 0 spiro atoms. The monoisotopic (exact) mass is 338 g/mol. The summed E-state index contributed by atoms with van der Waals surface area (Å²) in [6, 6.07) is 7.05. The summed E-state index contributed by atoms with van der Waals surface area (Å²) in [7, 11) is 0. The first kappa shape index (κ1) is 17.8. The molecular formula is C19H31Br. The molecule has 1 rings (SSSR count). The van der Waals surface area contributed by atoms with Crippen LogP contribution in [0.4, 0.5) is 0 Å². The van der Waals surface area contributed by atoms with Crippen LogP contribution in [0.1, 0.15) is 87.2 Å². The third kappa shape index (κ3) is 5.99. The minimum Gasteiger partial charge on any atom is -0.0839 e. The molecule has 0 aromatic heterocycles. The van der Waals surface area contributed by atoms with Gasteiger partial charge in [0.05, 0.1) is 0 Å². The number of hydrogen-bond acceptors (Lipinski definition) is 0. The van der Waals surface area contributed by atoms with Gasteiger partial charge in [0.15, 0.2) is 0 Å². The van der Waals surface area contributed by atoms with E-state index in [2.05, 4.69) is 54.9 Å². The second kappa shape index (κ2) is 10.4. The molecule has 1 unspecified atom stereocenters. The minimum atomic E-state index is 0.532. The van der Waals surface area contributed by atoms with Gasteiger partial charge in [-0.15, -0.1) is 0 Å². The molecule has 0 amide bonds. The molecule has 0 N–H and O–H groups in total. The van der Waals surface area contributed by atoms with Gasteiger partial charge >= 0.3 is 0 Å². The van der Waals surface area contributed by atoms with Gasteiger partial charge in [-0.3, -0.25) is 0 Å². The molecule has 0 saturated heterocycles. The Balaban J connectivity index is 2.41. The average molecular weight is 339 g/mol. The second-order valence-electron chi connectivity index (χ2n) is 5.76. The fraction of sp³-hybridized carbons (Fsp3) is 0.684. The molecule has 1 aromatic carbocycles. The van der Waals surface area contributed by atoms with Crippen molar-refractivity contribution < 1.29 is 0 Å². The molecule has 0 aliphatic heterocycles. The van der Waals surface area contributed by atoms with Gasteiger partial charge in [0.25, 0.3) is 0 Å². The van der Waals surface area contributed by atoms with Crippen LogP contribution in [-0.4, -0.2) is 0 Å². The highest BCUT2D eigenvalue weighted by Crippen LogP contribution is 2.30. The van der Waals surface area contributed by atoms with Gasteiger partial charge in [0.1, 0.15) is 0 Å². The summed E-state index contributed by atoms with van der Waals surface area (Å²) in [5.41, 5.74) is 4.50. The molecule has 114 valence electrons. The van der Waals surface area contributed by atoms with Gasteiger partial charge in [0, 0.05) is 4.83 Å². The maximum Gasteiger partial charge on any atom is 0.0395 e. The smallest absolute Gasteiger partial charge is 0.0395 e. The molecule has 0 aliphatic rings. The van der Waals surface area contributed by atoms with Crippen molar-refractivity contribution in [3.05, 3.63) is 34.9 Å². The SMILES string of the molecule is CCCCCCCCC(Br)c1ccc(CC)c(CC)c1. The van der Waals surface area contributed by atoms with E-state index in [0.717, 1.165) is 12.8 Å². The average Bonchev–Trinajstić information content (AvgIpc) is 2.49. The van der Waals surface area contributed by atoms with Crippen LogP contribution in [0.3, 0.4) is 0 Å². The normalized spacial score (nSPS) is 12.6. The van der Waals surface area contributed by atoms with Gasteiger partial charge in [-0.1, -0.05) is 93.4 Å². The highest BCUT2D eigenvalue weighted by atomic mass is 79.9. The number of unbranched alkanes of at least 4 members (excludes halogenated alkanes) is 5. The maximum atomic E-state index is 3.88. The maximum absolute atomic E-state index is 3.88. The van der Waals surface area contributed by atoms with Gasteiger partial charge in [-0.2, -0.15) is 0 Å². The van der Waals surface area contributed by atoms with Gasteiger partial charge in [-0.25, -0.2) is 0 Å². The molecule has 0 fully saturated rings. The van der Waals surface area contributed by atoms with E-state index in [-0.39, 0.29) is 0 Å². The quantitative estimate of drug-likeness (QED) is 0.318. The van der Waals surface area contributed by atoms with Crippen LogP contribution in [0, 0.1) is 0 Å². The van der Waals surface area contributed by atoms with Crippen molar-refractivity contribution >= 4 is 15.9 Å². The summed E-state index contributed by atoms with van der Waals surface area (Å²) in [6.45, 7) is 6.78. The van der Waals surface area contributed by atoms with E-state index in [0.29, 0.717) is 4.83 Å². The van der Waals surface area contributed by atoms with E-state index < -0.39 is 0 Å². The first-order valence-electron chi connectivity index (χ1n) is 8.48. The molecule has 1 aromatic rings. The number of hydrogen-bond donors (Lipinski definition) is 0. The lowest BCUT2D eigenvalue weighted by Crippen LogP contribution is -1.96. The molecule has 20 heavy (non-hydrogen) atoms. The molecule has 0 bridgehead atoms. The number of alkyl halides is 1. The third-order valence-electron chi connectivity index (χ3n) is 4.16. The molecular weight excluding hydrogens is 308 g/mol. The van der Waals surface area contributed by atoms with Crippen molar-refractivity contribution in [1.29, 1.82) is 0 Å². The lowest BCUT2D eigenvalue weighted by molar-refractivity contribution is 0.588. The Kier molecular flexibility index (Phi) is 9.26. The number of benzene rings is 1. The van der Waals surface area contributed by atoms with Crippen LogP contribution < -0.4 is 0 Å². The van der Waals surface area contributed by atoms with Crippen LogP contribution in [0.2, 0.25) is 0 Å². The Morgan fingerprint density at radius 2 is 1.50 bits per heavy atom. The van der Waals surface area contributed by atoms with E-state index in [1.807, 2.05) is 0 Å². The van der Waals surface area contributed by atoms with Gasteiger partial charge in [0.2, 0.25) is 0 Å². The number of aryl methyl sites for hydroxylation is 2. The number of halogens is 1. The Morgan fingerprint density at radius 3 is 2.15 bits per heavy atom. The number of rotatable bonds is 10. The molecule has 0 aliphatic carbocycles. The zero-order valence-electron chi connectivity index (χ0n) is 13.6. The van der Waals surface area contributed by atoms with Crippen molar-refractivity contribution in [2.24, 2.45) is 0 Å². The lowest BCUT2D eigenvalue weighted by Gasteiger charge is -2.14. The predicted molar refractivity (Wildman–Crippen MR) is 94.9 cm³/mol. The predicted octanol–water partition coefficient (Wildman–Crippen LogP) is 7.00. The van der Waals surface area contributed by atoms with E-state index in [1.54, 1.807) is 0 Å². The zero-order valence-corrected chi connectivity index (χ0v) is 15.1. The fourth-order valence-corrected chi connectivity index (χ4v) is 3.39. The molecule has 1 atom stereocenters. The van der Waals surface area contributed by atoms with E-state index in [1.165, 1.54) is 61.6 Å². The molecule has 0 saturated carbocycles. The van der Waals surface area contributed by atoms with Gasteiger partial charge < -0.3 is 0 Å². The van der Waals surface area contributed by atoms with Crippen molar-refractivity contribution in [2.45, 2.75) is 83.4 Å². The van der Waals surface area contributed by atoms with E-state index in [4.69, 9.17) is 0 Å². The summed E-state index contributed by atoms with van der Waals surface area (Å²) in [4.78, 5) is 0.532. The summed E-state index contributed by atoms with van der Waals surface area (Å²) in [5.74, 6) is 0. The van der Waals surface area contributed by atoms with Gasteiger partial charge in [-0.05, 0) is 36.0 Å². The first-order valence-corrected chi connectivity index (χ1v) is 9.40. The summed E-state index contributed by atoms with van der Waals surface area (Å²) < 4.78 is 0. The molecule has 0 heterocycles. The van der Waals surface area contributed by atoms with Crippen LogP contribution >= 0.6 is 15.9 Å². The second-order valence-corrected chi connectivity index (χ2v) is 6.86. The first-order chi connectivity index (χ1) is 9.72. The molecule has 0 radical (unpaired) electrons. The Bertz CT molecular complexity index is 370. The largest absolute Gasteiger partial charge is 0.0839 e. The van der Waals surface area contributed by atoms with Crippen LogP contribution in [0.15, 0.2) is 18.2 Å². The van der Waals surface area contributed by atoms with Crippen molar-refractivity contribution in [2.75, 3.05) is 0 Å². The highest BCUT2D eigenvalue weighted by Gasteiger charge is 2.09.